The van der Waals surface area contributed by atoms with E-state index in [0.29, 0.717) is 0 Å². The number of fused-ring (bicyclic) bond motifs is 12. The molecule has 0 bridgehead atoms. The summed E-state index contributed by atoms with van der Waals surface area (Å²) in [5.41, 5.74) is 17.6. The van der Waals surface area contributed by atoms with Gasteiger partial charge in [0.1, 0.15) is 11.2 Å². The van der Waals surface area contributed by atoms with E-state index in [0.717, 1.165) is 24.0 Å². The Morgan fingerprint density at radius 1 is 0.446 bits per heavy atom. The Labute approximate surface area is 326 Å². The molecule has 0 amide bonds. The van der Waals surface area contributed by atoms with Gasteiger partial charge < -0.3 is 4.42 Å². The fraction of sp³-hybridized carbons (Fsp3) is 0.0909. The lowest BCUT2D eigenvalue weighted by atomic mass is 9.80. The second kappa shape index (κ2) is 11.7. The summed E-state index contributed by atoms with van der Waals surface area (Å²) in [4.78, 5) is 0. The lowest BCUT2D eigenvalue weighted by molar-refractivity contribution is 0.660. The molecule has 0 saturated carbocycles. The van der Waals surface area contributed by atoms with Crippen molar-refractivity contribution in [2.45, 2.75) is 32.1 Å². The Hall–Kier alpha value is -6.70. The van der Waals surface area contributed by atoms with Crippen molar-refractivity contribution < 1.29 is 4.42 Å². The lowest BCUT2D eigenvalue weighted by Crippen LogP contribution is -2.15. The van der Waals surface area contributed by atoms with Crippen LogP contribution in [0.4, 0.5) is 0 Å². The second-order valence-corrected chi connectivity index (χ2v) is 16.2. The van der Waals surface area contributed by atoms with Crippen molar-refractivity contribution in [2.24, 2.45) is 0 Å². The van der Waals surface area contributed by atoms with Crippen LogP contribution in [0.2, 0.25) is 0 Å². The number of para-hydroxylation sites is 1. The highest BCUT2D eigenvalue weighted by Crippen LogP contribution is 2.54. The Bertz CT molecular complexity index is 3280. The number of hydrogen-bond acceptors (Lipinski definition) is 1. The van der Waals surface area contributed by atoms with Gasteiger partial charge in [0.25, 0.3) is 0 Å². The van der Waals surface area contributed by atoms with Gasteiger partial charge in [-0.25, -0.2) is 0 Å². The summed E-state index contributed by atoms with van der Waals surface area (Å²) in [6.45, 7) is 4.78. The van der Waals surface area contributed by atoms with Gasteiger partial charge in [-0.3, -0.25) is 0 Å². The van der Waals surface area contributed by atoms with E-state index in [-0.39, 0.29) is 5.41 Å². The van der Waals surface area contributed by atoms with Gasteiger partial charge in [-0.1, -0.05) is 159 Å². The van der Waals surface area contributed by atoms with Gasteiger partial charge in [-0.05, 0) is 131 Å². The Morgan fingerprint density at radius 3 is 1.82 bits per heavy atom. The Kier molecular flexibility index (Phi) is 6.58. The number of furan rings is 1. The van der Waals surface area contributed by atoms with E-state index in [2.05, 4.69) is 178 Å². The van der Waals surface area contributed by atoms with E-state index in [4.69, 9.17) is 4.42 Å². The molecule has 0 fully saturated rings. The van der Waals surface area contributed by atoms with Gasteiger partial charge in [-0.15, -0.1) is 0 Å². The van der Waals surface area contributed by atoms with E-state index in [1.165, 1.54) is 110 Å². The molecular formula is C55H38O. The molecule has 0 unspecified atom stereocenters. The third-order valence-electron chi connectivity index (χ3n) is 12.9. The monoisotopic (exact) mass is 714 g/mol. The summed E-state index contributed by atoms with van der Waals surface area (Å²) in [5.74, 6) is 0. The lowest BCUT2D eigenvalue weighted by Gasteiger charge is -2.23. The van der Waals surface area contributed by atoms with Gasteiger partial charge in [0, 0.05) is 21.6 Å². The maximum absolute atomic E-state index is 6.51. The summed E-state index contributed by atoms with van der Waals surface area (Å²) in [7, 11) is 0. The first-order chi connectivity index (χ1) is 27.5. The van der Waals surface area contributed by atoms with Crippen LogP contribution in [-0.4, -0.2) is 0 Å². The van der Waals surface area contributed by atoms with E-state index < -0.39 is 0 Å². The van der Waals surface area contributed by atoms with E-state index in [9.17, 15) is 0 Å². The smallest absolute Gasteiger partial charge is 0.143 e. The maximum Gasteiger partial charge on any atom is 0.143 e. The molecule has 10 aromatic rings. The highest BCUT2D eigenvalue weighted by molar-refractivity contribution is 6.22. The van der Waals surface area contributed by atoms with Crippen molar-refractivity contribution in [1.82, 2.24) is 0 Å². The predicted molar refractivity (Wildman–Crippen MR) is 237 cm³/mol. The number of rotatable bonds is 3. The second-order valence-electron chi connectivity index (χ2n) is 16.2. The first-order valence-corrected chi connectivity index (χ1v) is 19.9. The minimum atomic E-state index is -0.171. The zero-order valence-corrected chi connectivity index (χ0v) is 31.5. The van der Waals surface area contributed by atoms with Crippen LogP contribution in [0.3, 0.4) is 0 Å². The average molecular weight is 715 g/mol. The molecule has 0 aliphatic heterocycles. The fourth-order valence-corrected chi connectivity index (χ4v) is 10.3. The van der Waals surface area contributed by atoms with Crippen molar-refractivity contribution in [3.05, 3.63) is 186 Å². The molecule has 0 saturated heterocycles. The summed E-state index contributed by atoms with van der Waals surface area (Å²) in [6, 6.07) is 58.9. The molecule has 2 aliphatic carbocycles. The molecule has 1 aromatic heterocycles. The summed E-state index contributed by atoms with van der Waals surface area (Å²) in [5, 5.41) is 9.88. The molecule has 0 spiro atoms. The number of allylic oxidation sites excluding steroid dienone is 1. The van der Waals surface area contributed by atoms with Crippen LogP contribution in [0.1, 0.15) is 42.5 Å². The Balaban J connectivity index is 1.06. The molecule has 1 heterocycles. The van der Waals surface area contributed by atoms with Crippen LogP contribution < -0.4 is 0 Å². The first kappa shape index (κ1) is 31.6. The van der Waals surface area contributed by atoms with Crippen molar-refractivity contribution in [2.75, 3.05) is 0 Å². The number of hydrogen-bond donors (Lipinski definition) is 0. The minimum absolute atomic E-state index is 0.171. The first-order valence-electron chi connectivity index (χ1n) is 19.9. The van der Waals surface area contributed by atoms with E-state index >= 15 is 0 Å². The quantitative estimate of drug-likeness (QED) is 0.166. The standard InChI is InChI=1S/C55H38O/c1-55(2)48-30-29-46-44(27-28-45-39-18-9-10-24-50(39)56-54(45)46)53(48)47-26-25-36(32-49(47)55)52-42-21-7-5-19-40(42)51(41-20-6-8-22-43(41)52)35-16-11-15-34(31-35)38-23-12-14-33-13-3-4-17-37(33)38/h3,5-16,18-32H,4,17H2,1-2H3. The van der Waals surface area contributed by atoms with Crippen LogP contribution in [0.5, 0.6) is 0 Å². The third kappa shape index (κ3) is 4.37. The van der Waals surface area contributed by atoms with Crippen molar-refractivity contribution in [1.29, 1.82) is 0 Å². The summed E-state index contributed by atoms with van der Waals surface area (Å²) >= 11 is 0. The average Bonchev–Trinajstić information content (AvgIpc) is 3.74. The molecule has 0 N–H and O–H groups in total. The van der Waals surface area contributed by atoms with Crippen LogP contribution in [0.25, 0.3) is 105 Å². The fourth-order valence-electron chi connectivity index (χ4n) is 10.3. The highest BCUT2D eigenvalue weighted by Gasteiger charge is 2.37. The SMILES string of the molecule is CC1(C)c2cc(-c3c4ccccc4c(-c4cccc(-c5cccc6c5CCC=C6)c4)c4ccccc34)ccc2-c2c1ccc1c2ccc2c3ccccc3oc12. The molecule has 1 heteroatoms. The summed E-state index contributed by atoms with van der Waals surface area (Å²) in [6.07, 6.45) is 6.75. The normalized spacial score (nSPS) is 14.2. The predicted octanol–water partition coefficient (Wildman–Crippen LogP) is 15.3. The van der Waals surface area contributed by atoms with Gasteiger partial charge in [0.05, 0.1) is 0 Å². The molecular weight excluding hydrogens is 677 g/mol. The molecule has 1 nitrogen and oxygen atoms in total. The number of benzene rings is 9. The van der Waals surface area contributed by atoms with E-state index in [1.54, 1.807) is 0 Å². The van der Waals surface area contributed by atoms with E-state index in [1.807, 2.05) is 6.07 Å². The van der Waals surface area contributed by atoms with Crippen molar-refractivity contribution in [3.8, 4) is 44.5 Å². The third-order valence-corrected chi connectivity index (χ3v) is 12.9. The molecule has 56 heavy (non-hydrogen) atoms. The zero-order chi connectivity index (χ0) is 37.1. The molecule has 12 rings (SSSR count). The molecule has 2 aliphatic rings. The highest BCUT2D eigenvalue weighted by atomic mass is 16.3. The topological polar surface area (TPSA) is 13.1 Å². The zero-order valence-electron chi connectivity index (χ0n) is 31.5. The maximum atomic E-state index is 6.51. The molecule has 9 aromatic carbocycles. The van der Waals surface area contributed by atoms with Gasteiger partial charge >= 0.3 is 0 Å². The van der Waals surface area contributed by atoms with Gasteiger partial charge in [-0.2, -0.15) is 0 Å². The van der Waals surface area contributed by atoms with Gasteiger partial charge in [0.15, 0.2) is 0 Å². The Morgan fingerprint density at radius 2 is 1.05 bits per heavy atom. The minimum Gasteiger partial charge on any atom is -0.455 e. The van der Waals surface area contributed by atoms with Crippen LogP contribution in [0.15, 0.2) is 168 Å². The van der Waals surface area contributed by atoms with Crippen molar-refractivity contribution in [3.63, 3.8) is 0 Å². The van der Waals surface area contributed by atoms with Crippen LogP contribution in [-0.2, 0) is 11.8 Å². The largest absolute Gasteiger partial charge is 0.455 e. The molecule has 0 radical (unpaired) electrons. The molecule has 264 valence electrons. The van der Waals surface area contributed by atoms with Crippen molar-refractivity contribution >= 4 is 60.3 Å². The van der Waals surface area contributed by atoms with Crippen LogP contribution >= 0.6 is 0 Å². The van der Waals surface area contributed by atoms with Crippen LogP contribution in [0, 0.1) is 0 Å². The van der Waals surface area contributed by atoms with Gasteiger partial charge in [0.2, 0.25) is 0 Å². The summed E-state index contributed by atoms with van der Waals surface area (Å²) < 4.78 is 6.51. The molecule has 0 atom stereocenters.